The molecule has 0 aliphatic heterocycles. The van der Waals surface area contributed by atoms with E-state index in [1.54, 1.807) is 18.2 Å². The van der Waals surface area contributed by atoms with Crippen LogP contribution in [0.15, 0.2) is 28.7 Å². The molecule has 1 fully saturated rings. The van der Waals surface area contributed by atoms with Crippen LogP contribution < -0.4 is 0 Å². The smallest absolute Gasteiger partial charge is 0.307 e. The van der Waals surface area contributed by atoms with Gasteiger partial charge in [-0.1, -0.05) is 31.4 Å². The molecule has 2 aromatic rings. The lowest BCUT2D eigenvalue weighted by Crippen LogP contribution is -2.20. The lowest BCUT2D eigenvalue weighted by Gasteiger charge is -2.19. The van der Waals surface area contributed by atoms with Crippen molar-refractivity contribution >= 4 is 16.9 Å². The van der Waals surface area contributed by atoms with E-state index in [1.807, 2.05) is 0 Å². The molecule has 1 aromatic heterocycles. The average molecular weight is 276 g/mol. The zero-order valence-corrected chi connectivity index (χ0v) is 11.1. The fourth-order valence-electron chi connectivity index (χ4n) is 3.17. The number of benzene rings is 1. The van der Waals surface area contributed by atoms with Gasteiger partial charge in [0, 0.05) is 11.3 Å². The van der Waals surface area contributed by atoms with Gasteiger partial charge in [-0.2, -0.15) is 0 Å². The van der Waals surface area contributed by atoms with Crippen molar-refractivity contribution in [2.45, 2.75) is 38.0 Å². The second-order valence-electron chi connectivity index (χ2n) is 5.50. The number of carboxylic acid groups (broad SMARTS) is 1. The van der Waals surface area contributed by atoms with Crippen LogP contribution in [0.5, 0.6) is 0 Å². The highest BCUT2D eigenvalue weighted by molar-refractivity contribution is 5.79. The first-order valence-electron chi connectivity index (χ1n) is 7.07. The van der Waals surface area contributed by atoms with Gasteiger partial charge >= 0.3 is 5.97 Å². The molecule has 3 rings (SSSR count). The highest BCUT2D eigenvalue weighted by Crippen LogP contribution is 2.39. The summed E-state index contributed by atoms with van der Waals surface area (Å²) in [6.07, 6.45) is 4.43. The van der Waals surface area contributed by atoms with Crippen LogP contribution in [0.2, 0.25) is 0 Å². The summed E-state index contributed by atoms with van der Waals surface area (Å²) < 4.78 is 19.3. The van der Waals surface area contributed by atoms with Crippen molar-refractivity contribution in [1.29, 1.82) is 0 Å². The number of hydrogen-bond acceptors (Lipinski definition) is 2. The second-order valence-corrected chi connectivity index (χ2v) is 5.50. The minimum atomic E-state index is -0.780. The topological polar surface area (TPSA) is 50.4 Å². The Kier molecular flexibility index (Phi) is 3.47. The van der Waals surface area contributed by atoms with Gasteiger partial charge in [-0.3, -0.25) is 4.79 Å². The molecule has 2 unspecified atom stereocenters. The van der Waals surface area contributed by atoms with Gasteiger partial charge in [0.1, 0.15) is 5.76 Å². The van der Waals surface area contributed by atoms with Gasteiger partial charge in [-0.15, -0.1) is 0 Å². The summed E-state index contributed by atoms with van der Waals surface area (Å²) in [5.41, 5.74) is 0.232. The first-order chi connectivity index (χ1) is 9.66. The first-order valence-corrected chi connectivity index (χ1v) is 7.07. The average Bonchev–Trinajstić information content (AvgIpc) is 2.69. The van der Waals surface area contributed by atoms with Gasteiger partial charge in [-0.05, 0) is 25.0 Å². The van der Waals surface area contributed by atoms with Gasteiger partial charge < -0.3 is 9.52 Å². The number of aliphatic carboxylic acids is 1. The lowest BCUT2D eigenvalue weighted by molar-refractivity contribution is -0.143. The van der Waals surface area contributed by atoms with E-state index in [2.05, 4.69) is 0 Å². The first kappa shape index (κ1) is 13.2. The van der Waals surface area contributed by atoms with E-state index in [9.17, 15) is 14.3 Å². The van der Waals surface area contributed by atoms with Crippen LogP contribution in [-0.2, 0) is 4.79 Å². The zero-order chi connectivity index (χ0) is 14.1. The van der Waals surface area contributed by atoms with E-state index in [-0.39, 0.29) is 11.5 Å². The van der Waals surface area contributed by atoms with Crippen LogP contribution in [0.25, 0.3) is 11.0 Å². The monoisotopic (exact) mass is 276 g/mol. The van der Waals surface area contributed by atoms with E-state index in [0.29, 0.717) is 17.6 Å². The third-order valence-corrected chi connectivity index (χ3v) is 4.21. The van der Waals surface area contributed by atoms with E-state index < -0.39 is 17.7 Å². The third kappa shape index (κ3) is 2.30. The summed E-state index contributed by atoms with van der Waals surface area (Å²) in [4.78, 5) is 11.5. The SMILES string of the molecule is O=C(O)C1CCCCCC1c1cc2cccc(F)c2o1. The number of furan rings is 1. The van der Waals surface area contributed by atoms with Crippen LogP contribution in [0, 0.1) is 11.7 Å². The Morgan fingerprint density at radius 1 is 1.25 bits per heavy atom. The molecule has 1 N–H and O–H groups in total. The standard InChI is InChI=1S/C16H17FO3/c17-13-8-4-5-10-9-14(20-15(10)13)11-6-2-1-3-7-12(11)16(18)19/h4-5,8-9,11-12H,1-3,6-7H2,(H,18,19). The molecule has 3 nitrogen and oxygen atoms in total. The minimum absolute atomic E-state index is 0.151. The molecule has 2 atom stereocenters. The summed E-state index contributed by atoms with van der Waals surface area (Å²) in [5.74, 6) is -1.14. The van der Waals surface area contributed by atoms with Crippen LogP contribution in [0.4, 0.5) is 4.39 Å². The van der Waals surface area contributed by atoms with Crippen LogP contribution >= 0.6 is 0 Å². The minimum Gasteiger partial charge on any atom is -0.481 e. The molecule has 0 spiro atoms. The van der Waals surface area contributed by atoms with Crippen LogP contribution in [0.1, 0.15) is 43.8 Å². The molecular formula is C16H17FO3. The lowest BCUT2D eigenvalue weighted by atomic mass is 9.86. The summed E-state index contributed by atoms with van der Waals surface area (Å²) >= 11 is 0. The molecule has 20 heavy (non-hydrogen) atoms. The highest BCUT2D eigenvalue weighted by atomic mass is 19.1. The van der Waals surface area contributed by atoms with Crippen LogP contribution in [-0.4, -0.2) is 11.1 Å². The molecule has 0 bridgehead atoms. The van der Waals surface area contributed by atoms with E-state index >= 15 is 0 Å². The van der Waals surface area contributed by atoms with Crippen LogP contribution in [0.3, 0.4) is 0 Å². The Labute approximate surface area is 116 Å². The quantitative estimate of drug-likeness (QED) is 0.831. The van der Waals surface area contributed by atoms with Gasteiger partial charge in [0.05, 0.1) is 5.92 Å². The second kappa shape index (κ2) is 5.27. The molecule has 1 aliphatic rings. The summed E-state index contributed by atoms with van der Waals surface area (Å²) in [5, 5.41) is 10.1. The Morgan fingerprint density at radius 2 is 2.05 bits per heavy atom. The van der Waals surface area contributed by atoms with Gasteiger partial charge in [-0.25, -0.2) is 4.39 Å². The predicted molar refractivity (Wildman–Crippen MR) is 73.1 cm³/mol. The number of rotatable bonds is 2. The molecule has 0 radical (unpaired) electrons. The van der Waals surface area contributed by atoms with E-state index in [4.69, 9.17) is 4.42 Å². The maximum Gasteiger partial charge on any atom is 0.307 e. The van der Waals surface area contributed by atoms with Crippen molar-refractivity contribution in [3.8, 4) is 0 Å². The normalized spacial score (nSPS) is 23.6. The fourth-order valence-corrected chi connectivity index (χ4v) is 3.17. The molecule has 106 valence electrons. The molecule has 1 saturated carbocycles. The molecule has 0 amide bonds. The Hall–Kier alpha value is -1.84. The molecule has 1 aliphatic carbocycles. The van der Waals surface area contributed by atoms with Crippen molar-refractivity contribution in [3.63, 3.8) is 0 Å². The van der Waals surface area contributed by atoms with Crippen molar-refractivity contribution in [1.82, 2.24) is 0 Å². The van der Waals surface area contributed by atoms with Gasteiger partial charge in [0.2, 0.25) is 0 Å². The highest BCUT2D eigenvalue weighted by Gasteiger charge is 2.33. The maximum atomic E-state index is 13.7. The Morgan fingerprint density at radius 3 is 2.80 bits per heavy atom. The third-order valence-electron chi connectivity index (χ3n) is 4.21. The Bertz CT molecular complexity index is 632. The number of carboxylic acids is 1. The molecule has 1 aromatic carbocycles. The largest absolute Gasteiger partial charge is 0.481 e. The number of carbonyl (C=O) groups is 1. The van der Waals surface area contributed by atoms with Gasteiger partial charge in [0.25, 0.3) is 0 Å². The van der Waals surface area contributed by atoms with Crippen molar-refractivity contribution in [3.05, 3.63) is 35.8 Å². The predicted octanol–water partition coefficient (Wildman–Crippen LogP) is 4.32. The van der Waals surface area contributed by atoms with Crippen molar-refractivity contribution in [2.75, 3.05) is 0 Å². The van der Waals surface area contributed by atoms with E-state index in [1.165, 1.54) is 6.07 Å². The van der Waals surface area contributed by atoms with Gasteiger partial charge in [0.15, 0.2) is 11.4 Å². The summed E-state index contributed by atoms with van der Waals surface area (Å²) in [6.45, 7) is 0. The number of halogens is 1. The van der Waals surface area contributed by atoms with Crippen molar-refractivity contribution < 1.29 is 18.7 Å². The summed E-state index contributed by atoms with van der Waals surface area (Å²) in [7, 11) is 0. The molecule has 0 saturated heterocycles. The molecule has 1 heterocycles. The number of para-hydroxylation sites is 1. The van der Waals surface area contributed by atoms with Crippen molar-refractivity contribution in [2.24, 2.45) is 5.92 Å². The molecule has 4 heteroatoms. The molecular weight excluding hydrogens is 259 g/mol. The number of hydrogen-bond donors (Lipinski definition) is 1. The number of fused-ring (bicyclic) bond motifs is 1. The Balaban J connectivity index is 2.02. The fraction of sp³-hybridized carbons (Fsp3) is 0.438. The van der Waals surface area contributed by atoms with E-state index in [0.717, 1.165) is 25.7 Å². The zero-order valence-electron chi connectivity index (χ0n) is 11.1. The summed E-state index contributed by atoms with van der Waals surface area (Å²) in [6, 6.07) is 6.58. The maximum absolute atomic E-state index is 13.7.